The molecule has 5 heteroatoms. The Bertz CT molecular complexity index is 404. The summed E-state index contributed by atoms with van der Waals surface area (Å²) in [4.78, 5) is 9.62. The molecule has 0 spiro atoms. The number of morpholine rings is 1. The van der Waals surface area contributed by atoms with Gasteiger partial charge in [0.15, 0.2) is 0 Å². The lowest BCUT2D eigenvalue weighted by Gasteiger charge is -2.47. The molecule has 1 aromatic heterocycles. The smallest absolute Gasteiger partial charge is 0.218 e. The number of nitrogens with zero attached hydrogens (tertiary/aromatic N) is 3. The van der Waals surface area contributed by atoms with E-state index in [4.69, 9.17) is 4.74 Å². The van der Waals surface area contributed by atoms with Crippen LogP contribution in [-0.4, -0.2) is 34.3 Å². The van der Waals surface area contributed by atoms with E-state index in [9.17, 15) is 4.39 Å². The molecule has 1 fully saturated rings. The summed E-state index contributed by atoms with van der Waals surface area (Å²) in [5, 5.41) is 0. The fourth-order valence-corrected chi connectivity index (χ4v) is 2.45. The first kappa shape index (κ1) is 12.2. The second kappa shape index (κ2) is 3.91. The van der Waals surface area contributed by atoms with Gasteiger partial charge in [-0.1, -0.05) is 0 Å². The molecule has 0 N–H and O–H groups in total. The predicted molar refractivity (Wildman–Crippen MR) is 63.4 cm³/mol. The molecule has 0 atom stereocenters. The molecule has 0 aliphatic carbocycles. The van der Waals surface area contributed by atoms with Gasteiger partial charge in [-0.05, 0) is 27.7 Å². The molecule has 2 heterocycles. The van der Waals surface area contributed by atoms with Gasteiger partial charge in [-0.15, -0.1) is 0 Å². The summed E-state index contributed by atoms with van der Waals surface area (Å²) in [6.07, 6.45) is 1.25. The molecule has 0 amide bonds. The largest absolute Gasteiger partial charge is 0.366 e. The van der Waals surface area contributed by atoms with E-state index in [0.29, 0.717) is 18.9 Å². The molecule has 1 aliphatic rings. The Morgan fingerprint density at radius 1 is 1.18 bits per heavy atom. The second-order valence-electron chi connectivity index (χ2n) is 5.68. The van der Waals surface area contributed by atoms with E-state index in [2.05, 4.69) is 9.97 Å². The van der Waals surface area contributed by atoms with Crippen molar-refractivity contribution in [3.8, 4) is 0 Å². The Kier molecular flexibility index (Phi) is 2.81. The quantitative estimate of drug-likeness (QED) is 0.703. The van der Waals surface area contributed by atoms with E-state index in [0.717, 1.165) is 0 Å². The first-order chi connectivity index (χ1) is 7.77. The molecule has 4 nitrogen and oxygen atoms in total. The Hall–Kier alpha value is -1.23. The minimum absolute atomic E-state index is 0.275. The molecule has 0 bridgehead atoms. The van der Waals surface area contributed by atoms with E-state index >= 15 is 0 Å². The van der Waals surface area contributed by atoms with Crippen molar-refractivity contribution < 1.29 is 9.13 Å². The van der Waals surface area contributed by atoms with Gasteiger partial charge in [0.1, 0.15) is 12.1 Å². The predicted octanol–water partition coefficient (Wildman–Crippen LogP) is 2.01. The topological polar surface area (TPSA) is 38.2 Å². The van der Waals surface area contributed by atoms with Gasteiger partial charge in [-0.2, -0.15) is 4.39 Å². The van der Waals surface area contributed by atoms with E-state index in [1.54, 1.807) is 0 Å². The van der Waals surface area contributed by atoms with Crippen LogP contribution in [0.15, 0.2) is 12.4 Å². The number of ether oxygens (including phenoxy) is 1. The standard InChI is InChI=1S/C12H18FN3O/c1-11(2)6-16(7-12(3,4)17-11)10-5-9(13)14-8-15-10/h5,8H,6-7H2,1-4H3. The lowest BCUT2D eigenvalue weighted by atomic mass is 9.99. The molecule has 2 rings (SSSR count). The lowest BCUT2D eigenvalue weighted by Crippen LogP contribution is -2.57. The normalized spacial score (nSPS) is 22.5. The van der Waals surface area contributed by atoms with Crippen LogP contribution < -0.4 is 4.90 Å². The third-order valence-corrected chi connectivity index (χ3v) is 2.64. The third-order valence-electron chi connectivity index (χ3n) is 2.64. The van der Waals surface area contributed by atoms with Crippen LogP contribution in [0, 0.1) is 5.95 Å². The highest BCUT2D eigenvalue weighted by atomic mass is 19.1. The SMILES string of the molecule is CC1(C)CN(c2cc(F)ncn2)CC(C)(C)O1. The van der Waals surface area contributed by atoms with E-state index in [1.165, 1.54) is 12.4 Å². The van der Waals surface area contributed by atoms with Crippen molar-refractivity contribution in [2.75, 3.05) is 18.0 Å². The third kappa shape index (κ3) is 2.91. The average Bonchev–Trinajstić information content (AvgIpc) is 2.12. The van der Waals surface area contributed by atoms with Crippen molar-refractivity contribution in [3.05, 3.63) is 18.3 Å². The maximum Gasteiger partial charge on any atom is 0.218 e. The Morgan fingerprint density at radius 3 is 2.29 bits per heavy atom. The van der Waals surface area contributed by atoms with E-state index in [-0.39, 0.29) is 11.2 Å². The molecular weight excluding hydrogens is 221 g/mol. The van der Waals surface area contributed by atoms with Crippen LogP contribution in [0.3, 0.4) is 0 Å². The van der Waals surface area contributed by atoms with Gasteiger partial charge in [0.25, 0.3) is 0 Å². The van der Waals surface area contributed by atoms with Gasteiger partial charge in [0.05, 0.1) is 11.2 Å². The lowest BCUT2D eigenvalue weighted by molar-refractivity contribution is -0.133. The van der Waals surface area contributed by atoms with Crippen molar-refractivity contribution in [2.24, 2.45) is 0 Å². The summed E-state index contributed by atoms with van der Waals surface area (Å²) < 4.78 is 19.1. The number of hydrogen-bond acceptors (Lipinski definition) is 4. The Balaban J connectivity index is 2.27. The number of aromatic nitrogens is 2. The van der Waals surface area contributed by atoms with Crippen molar-refractivity contribution in [1.82, 2.24) is 9.97 Å². The molecule has 0 aromatic carbocycles. The van der Waals surface area contributed by atoms with Gasteiger partial charge in [-0.25, -0.2) is 9.97 Å². The zero-order valence-corrected chi connectivity index (χ0v) is 10.7. The maximum atomic E-state index is 13.1. The van der Waals surface area contributed by atoms with E-state index < -0.39 is 5.95 Å². The van der Waals surface area contributed by atoms with Crippen LogP contribution in [0.4, 0.5) is 10.2 Å². The fourth-order valence-electron chi connectivity index (χ4n) is 2.45. The van der Waals surface area contributed by atoms with Crippen LogP contribution in [0.25, 0.3) is 0 Å². The molecule has 1 saturated heterocycles. The summed E-state index contributed by atoms with van der Waals surface area (Å²) in [5.74, 6) is 0.110. The fraction of sp³-hybridized carbons (Fsp3) is 0.667. The molecule has 1 aromatic rings. The highest BCUT2D eigenvalue weighted by molar-refractivity contribution is 5.39. The van der Waals surface area contributed by atoms with Crippen molar-refractivity contribution in [1.29, 1.82) is 0 Å². The van der Waals surface area contributed by atoms with Crippen molar-refractivity contribution in [2.45, 2.75) is 38.9 Å². The molecule has 94 valence electrons. The number of halogens is 1. The molecule has 0 radical (unpaired) electrons. The molecule has 0 unspecified atom stereocenters. The molecule has 17 heavy (non-hydrogen) atoms. The molecule has 0 saturated carbocycles. The summed E-state index contributed by atoms with van der Waals surface area (Å²) in [6.45, 7) is 9.48. The first-order valence-corrected chi connectivity index (χ1v) is 5.70. The van der Waals surface area contributed by atoms with Gasteiger partial charge in [0, 0.05) is 19.2 Å². The zero-order valence-electron chi connectivity index (χ0n) is 10.7. The van der Waals surface area contributed by atoms with Crippen LogP contribution in [0.1, 0.15) is 27.7 Å². The minimum atomic E-state index is -0.503. The number of anilines is 1. The summed E-state index contributed by atoms with van der Waals surface area (Å²) in [7, 11) is 0. The monoisotopic (exact) mass is 239 g/mol. The highest BCUT2D eigenvalue weighted by Crippen LogP contribution is 2.30. The minimum Gasteiger partial charge on any atom is -0.366 e. The molecular formula is C12H18FN3O. The highest BCUT2D eigenvalue weighted by Gasteiger charge is 2.38. The summed E-state index contributed by atoms with van der Waals surface area (Å²) in [5.41, 5.74) is -0.549. The average molecular weight is 239 g/mol. The van der Waals surface area contributed by atoms with Crippen LogP contribution in [0.2, 0.25) is 0 Å². The number of hydrogen-bond donors (Lipinski definition) is 0. The number of rotatable bonds is 1. The summed E-state index contributed by atoms with van der Waals surface area (Å²) in [6, 6.07) is 1.36. The van der Waals surface area contributed by atoms with Gasteiger partial charge in [0.2, 0.25) is 5.95 Å². The van der Waals surface area contributed by atoms with Gasteiger partial charge < -0.3 is 9.64 Å². The second-order valence-corrected chi connectivity index (χ2v) is 5.68. The van der Waals surface area contributed by atoms with Crippen LogP contribution >= 0.6 is 0 Å². The van der Waals surface area contributed by atoms with Crippen LogP contribution in [-0.2, 0) is 4.74 Å². The van der Waals surface area contributed by atoms with Crippen molar-refractivity contribution in [3.63, 3.8) is 0 Å². The Morgan fingerprint density at radius 2 is 1.76 bits per heavy atom. The van der Waals surface area contributed by atoms with Gasteiger partial charge in [-0.3, -0.25) is 0 Å². The molecule has 1 aliphatic heterocycles. The summed E-state index contributed by atoms with van der Waals surface area (Å²) >= 11 is 0. The zero-order chi connectivity index (χ0) is 12.7. The van der Waals surface area contributed by atoms with Crippen LogP contribution in [0.5, 0.6) is 0 Å². The van der Waals surface area contributed by atoms with E-state index in [1.807, 2.05) is 32.6 Å². The Labute approximate surface area is 101 Å². The van der Waals surface area contributed by atoms with Crippen molar-refractivity contribution >= 4 is 5.82 Å². The maximum absolute atomic E-state index is 13.1. The first-order valence-electron chi connectivity index (χ1n) is 5.70. The van der Waals surface area contributed by atoms with Gasteiger partial charge >= 0.3 is 0 Å².